The molecule has 0 aliphatic carbocycles. The molecule has 1 saturated heterocycles. The van der Waals surface area contributed by atoms with E-state index in [4.69, 9.17) is 4.74 Å². The van der Waals surface area contributed by atoms with Crippen molar-refractivity contribution in [3.8, 4) is 0 Å². The van der Waals surface area contributed by atoms with Crippen molar-refractivity contribution in [1.82, 2.24) is 9.13 Å². The van der Waals surface area contributed by atoms with E-state index in [0.29, 0.717) is 18.5 Å². The highest BCUT2D eigenvalue weighted by atomic mass is 16.5. The third-order valence-corrected chi connectivity index (χ3v) is 4.75. The van der Waals surface area contributed by atoms with Gasteiger partial charge in [-0.2, -0.15) is 0 Å². The Morgan fingerprint density at radius 2 is 1.96 bits per heavy atom. The molecule has 1 aliphatic rings. The van der Waals surface area contributed by atoms with Crippen LogP contribution in [0.2, 0.25) is 0 Å². The minimum atomic E-state index is -0.837. The van der Waals surface area contributed by atoms with E-state index >= 15 is 0 Å². The van der Waals surface area contributed by atoms with E-state index < -0.39 is 24.1 Å². The molecular formula is C19H24N2O5. The van der Waals surface area contributed by atoms with Crippen molar-refractivity contribution in [1.29, 1.82) is 0 Å². The van der Waals surface area contributed by atoms with Gasteiger partial charge in [0.15, 0.2) is 0 Å². The van der Waals surface area contributed by atoms with Gasteiger partial charge in [0.1, 0.15) is 12.3 Å². The Balaban J connectivity index is 1.81. The lowest BCUT2D eigenvalue weighted by molar-refractivity contribution is -0.0464. The van der Waals surface area contributed by atoms with Crippen molar-refractivity contribution in [2.24, 2.45) is 0 Å². The van der Waals surface area contributed by atoms with Crippen LogP contribution < -0.4 is 11.2 Å². The van der Waals surface area contributed by atoms with Gasteiger partial charge in [-0.1, -0.05) is 30.3 Å². The van der Waals surface area contributed by atoms with Gasteiger partial charge in [-0.25, -0.2) is 4.79 Å². The highest BCUT2D eigenvalue weighted by Gasteiger charge is 2.35. The summed E-state index contributed by atoms with van der Waals surface area (Å²) in [5.74, 6) is 0. The fourth-order valence-corrected chi connectivity index (χ4v) is 3.30. The largest absolute Gasteiger partial charge is 0.394 e. The lowest BCUT2D eigenvalue weighted by Gasteiger charge is -2.17. The van der Waals surface area contributed by atoms with Crippen molar-refractivity contribution >= 4 is 0 Å². The fraction of sp³-hybridized carbons (Fsp3) is 0.474. The predicted octanol–water partition coefficient (Wildman–Crippen LogP) is 0.592. The van der Waals surface area contributed by atoms with Crippen LogP contribution in [0.15, 0.2) is 46.1 Å². The first-order valence-electron chi connectivity index (χ1n) is 8.82. The van der Waals surface area contributed by atoms with Gasteiger partial charge >= 0.3 is 5.69 Å². The highest BCUT2D eigenvalue weighted by Crippen LogP contribution is 2.27. The SMILES string of the molecule is Cc1cn([C@@H]2C[C@@H](O)[C@H](CO)O2)c(=O)n(CCCc2ccccc2)c1=O. The van der Waals surface area contributed by atoms with E-state index in [1.807, 2.05) is 30.3 Å². The van der Waals surface area contributed by atoms with Gasteiger partial charge in [-0.3, -0.25) is 13.9 Å². The van der Waals surface area contributed by atoms with Gasteiger partial charge in [0.05, 0.1) is 12.7 Å². The first-order chi connectivity index (χ1) is 12.5. The molecule has 0 amide bonds. The molecule has 140 valence electrons. The van der Waals surface area contributed by atoms with Crippen LogP contribution in [0.3, 0.4) is 0 Å². The summed E-state index contributed by atoms with van der Waals surface area (Å²) in [6.07, 6.45) is 0.861. The second-order valence-corrected chi connectivity index (χ2v) is 6.66. The normalized spacial score (nSPS) is 22.7. The van der Waals surface area contributed by atoms with E-state index in [-0.39, 0.29) is 18.6 Å². The quantitative estimate of drug-likeness (QED) is 0.786. The summed E-state index contributed by atoms with van der Waals surface area (Å²) in [6, 6.07) is 9.89. The Labute approximate surface area is 151 Å². The Bertz CT molecular complexity index is 858. The van der Waals surface area contributed by atoms with Crippen LogP contribution in [-0.4, -0.2) is 38.2 Å². The average Bonchev–Trinajstić information content (AvgIpc) is 3.02. The van der Waals surface area contributed by atoms with Gasteiger partial charge < -0.3 is 14.9 Å². The van der Waals surface area contributed by atoms with Crippen molar-refractivity contribution < 1.29 is 14.9 Å². The number of aryl methyl sites for hydroxylation is 2. The maximum Gasteiger partial charge on any atom is 0.333 e. The summed E-state index contributed by atoms with van der Waals surface area (Å²) in [6.45, 7) is 1.65. The van der Waals surface area contributed by atoms with Gasteiger partial charge in [0.2, 0.25) is 0 Å². The third-order valence-electron chi connectivity index (χ3n) is 4.75. The predicted molar refractivity (Wildman–Crippen MR) is 96.1 cm³/mol. The number of ether oxygens (including phenoxy) is 1. The highest BCUT2D eigenvalue weighted by molar-refractivity contribution is 5.14. The zero-order valence-electron chi connectivity index (χ0n) is 14.7. The number of aliphatic hydroxyl groups is 2. The van der Waals surface area contributed by atoms with Crippen LogP contribution >= 0.6 is 0 Å². The molecule has 7 heteroatoms. The molecule has 1 aromatic carbocycles. The number of hydrogen-bond acceptors (Lipinski definition) is 5. The summed E-state index contributed by atoms with van der Waals surface area (Å²) in [5, 5.41) is 19.1. The lowest BCUT2D eigenvalue weighted by Crippen LogP contribution is -2.42. The Hall–Kier alpha value is -2.22. The molecule has 2 heterocycles. The first-order valence-corrected chi connectivity index (χ1v) is 8.82. The minimum absolute atomic E-state index is 0.201. The van der Waals surface area contributed by atoms with Gasteiger partial charge in [0, 0.05) is 24.7 Å². The molecule has 0 bridgehead atoms. The minimum Gasteiger partial charge on any atom is -0.394 e. The molecule has 2 N–H and O–H groups in total. The number of rotatable bonds is 6. The molecule has 1 aliphatic heterocycles. The zero-order valence-corrected chi connectivity index (χ0v) is 14.7. The Morgan fingerprint density at radius 1 is 1.23 bits per heavy atom. The topological polar surface area (TPSA) is 93.7 Å². The molecule has 7 nitrogen and oxygen atoms in total. The molecule has 3 rings (SSSR count). The second-order valence-electron chi connectivity index (χ2n) is 6.66. The Morgan fingerprint density at radius 3 is 2.62 bits per heavy atom. The molecule has 2 aromatic rings. The fourth-order valence-electron chi connectivity index (χ4n) is 3.30. The van der Waals surface area contributed by atoms with Gasteiger partial charge in [0.25, 0.3) is 5.56 Å². The van der Waals surface area contributed by atoms with E-state index in [0.717, 1.165) is 12.0 Å². The third kappa shape index (κ3) is 3.80. The van der Waals surface area contributed by atoms with Gasteiger partial charge in [-0.05, 0) is 25.3 Å². The van der Waals surface area contributed by atoms with Crippen molar-refractivity contribution in [2.45, 2.75) is 51.2 Å². The monoisotopic (exact) mass is 360 g/mol. The van der Waals surface area contributed by atoms with E-state index in [1.165, 1.54) is 15.3 Å². The van der Waals surface area contributed by atoms with Crippen LogP contribution in [0.5, 0.6) is 0 Å². The summed E-state index contributed by atoms with van der Waals surface area (Å²) in [7, 11) is 0. The number of aromatic nitrogens is 2. The van der Waals surface area contributed by atoms with E-state index in [9.17, 15) is 19.8 Å². The number of aliphatic hydroxyl groups excluding tert-OH is 2. The number of nitrogens with zero attached hydrogens (tertiary/aromatic N) is 2. The Kier molecular flexibility index (Phi) is 5.70. The van der Waals surface area contributed by atoms with Crippen molar-refractivity contribution in [3.05, 3.63) is 68.5 Å². The standard InChI is InChI=1S/C19H24N2O5/c1-13-11-21(17-10-15(23)16(12-22)26-17)19(25)20(18(13)24)9-5-8-14-6-3-2-4-7-14/h2-4,6-7,11,15-17,22-23H,5,8-10,12H2,1H3/t15-,16+,17+/m1/s1. The van der Waals surface area contributed by atoms with Crippen molar-refractivity contribution in [2.75, 3.05) is 6.61 Å². The maximum atomic E-state index is 12.8. The first kappa shape index (κ1) is 18.6. The van der Waals surface area contributed by atoms with Gasteiger partial charge in [-0.15, -0.1) is 0 Å². The maximum absolute atomic E-state index is 12.8. The second kappa shape index (κ2) is 7.99. The van der Waals surface area contributed by atoms with Crippen LogP contribution in [0.25, 0.3) is 0 Å². The number of benzene rings is 1. The molecule has 0 radical (unpaired) electrons. The molecule has 0 unspecified atom stereocenters. The summed E-state index contributed by atoms with van der Waals surface area (Å²) in [5.41, 5.74) is 0.831. The molecule has 26 heavy (non-hydrogen) atoms. The van der Waals surface area contributed by atoms with E-state index in [1.54, 1.807) is 6.92 Å². The molecule has 3 atom stereocenters. The molecule has 1 fully saturated rings. The van der Waals surface area contributed by atoms with Crippen molar-refractivity contribution in [3.63, 3.8) is 0 Å². The number of hydrogen-bond donors (Lipinski definition) is 2. The zero-order chi connectivity index (χ0) is 18.7. The van der Waals surface area contributed by atoms with E-state index in [2.05, 4.69) is 0 Å². The van der Waals surface area contributed by atoms with Crippen LogP contribution in [0, 0.1) is 6.92 Å². The summed E-state index contributed by atoms with van der Waals surface area (Å²) < 4.78 is 8.13. The molecular weight excluding hydrogens is 336 g/mol. The smallest absolute Gasteiger partial charge is 0.333 e. The molecule has 1 aromatic heterocycles. The lowest BCUT2D eigenvalue weighted by atomic mass is 10.1. The van der Waals surface area contributed by atoms with Crippen LogP contribution in [0.1, 0.15) is 30.2 Å². The molecule has 0 spiro atoms. The average molecular weight is 360 g/mol. The summed E-state index contributed by atoms with van der Waals surface area (Å²) in [4.78, 5) is 25.2. The molecule has 0 saturated carbocycles. The van der Waals surface area contributed by atoms with Crippen LogP contribution in [0.4, 0.5) is 0 Å². The summed E-state index contributed by atoms with van der Waals surface area (Å²) >= 11 is 0. The van der Waals surface area contributed by atoms with Crippen LogP contribution in [-0.2, 0) is 17.7 Å².